The van der Waals surface area contributed by atoms with Gasteiger partial charge in [0.1, 0.15) is 11.5 Å². The number of Topliss-reactive ketones (excluding diaryl/α,β-unsaturated/α-hetero) is 1. The van der Waals surface area contributed by atoms with Gasteiger partial charge in [-0.2, -0.15) is 22.5 Å². The lowest BCUT2D eigenvalue weighted by molar-refractivity contribution is -0.137. The molecular weight excluding hydrogens is 511 g/mol. The molecule has 0 radical (unpaired) electrons. The van der Waals surface area contributed by atoms with Crippen LogP contribution in [-0.2, 0) is 16.1 Å². The maximum Gasteiger partial charge on any atom is 0.358 e. The predicted octanol–water partition coefficient (Wildman–Crippen LogP) is 3.51. The number of hydrogen-bond acceptors (Lipinski definition) is 7. The lowest BCUT2D eigenvalue weighted by atomic mass is 9.93. The van der Waals surface area contributed by atoms with E-state index in [1.54, 1.807) is 24.3 Å². The Morgan fingerprint density at radius 1 is 1.17 bits per heavy atom. The van der Waals surface area contributed by atoms with Gasteiger partial charge in [0.15, 0.2) is 11.5 Å². The number of ketones is 1. The highest BCUT2D eigenvalue weighted by Crippen LogP contribution is 2.39. The molecule has 4 rings (SSSR count). The number of aromatic nitrogens is 3. The summed E-state index contributed by atoms with van der Waals surface area (Å²) in [5.74, 6) is -2.70. The molecular formula is C24H28ClFN4O5S. The number of carboxylic acid groups (broad SMARTS) is 2. The molecule has 2 aromatic rings. The van der Waals surface area contributed by atoms with Gasteiger partial charge in [0.2, 0.25) is 0 Å². The van der Waals surface area contributed by atoms with Crippen LogP contribution in [0.2, 0.25) is 0 Å². The van der Waals surface area contributed by atoms with E-state index < -0.39 is 23.8 Å². The van der Waals surface area contributed by atoms with Crippen molar-refractivity contribution < 1.29 is 29.0 Å². The normalized spacial score (nSPS) is 20.1. The van der Waals surface area contributed by atoms with E-state index in [0.29, 0.717) is 25.1 Å². The smallest absolute Gasteiger partial charge is 0.358 e. The second-order valence-electron chi connectivity index (χ2n) is 8.93. The number of rotatable bonds is 10. The fourth-order valence-electron chi connectivity index (χ4n) is 4.33. The number of halogens is 2. The molecule has 0 amide bonds. The number of carbonyl (C=O) groups is 3. The molecule has 0 spiro atoms. The van der Waals surface area contributed by atoms with Crippen molar-refractivity contribution in [1.82, 2.24) is 19.9 Å². The van der Waals surface area contributed by atoms with Gasteiger partial charge in [-0.05, 0) is 43.4 Å². The molecule has 2 aliphatic rings. The number of aryl methyl sites for hydroxylation is 1. The van der Waals surface area contributed by atoms with E-state index in [4.69, 9.17) is 5.11 Å². The number of piperidine rings is 1. The van der Waals surface area contributed by atoms with E-state index in [0.717, 1.165) is 18.4 Å². The summed E-state index contributed by atoms with van der Waals surface area (Å²) in [6, 6.07) is 5.58. The monoisotopic (exact) mass is 538 g/mol. The second-order valence-corrected chi connectivity index (χ2v) is 9.55. The Kier molecular flexibility index (Phi) is 9.26. The summed E-state index contributed by atoms with van der Waals surface area (Å²) in [4.78, 5) is 38.8. The summed E-state index contributed by atoms with van der Waals surface area (Å²) in [5.41, 5.74) is 0.992. The summed E-state index contributed by atoms with van der Waals surface area (Å²) >= 11 is 4.66. The fourth-order valence-corrected chi connectivity index (χ4v) is 4.60. The van der Waals surface area contributed by atoms with Crippen molar-refractivity contribution >= 4 is 48.8 Å². The number of likely N-dealkylation sites (tertiary alicyclic amines) is 1. The van der Waals surface area contributed by atoms with Crippen molar-refractivity contribution in [1.29, 1.82) is 0 Å². The van der Waals surface area contributed by atoms with E-state index in [1.165, 1.54) is 10.9 Å². The summed E-state index contributed by atoms with van der Waals surface area (Å²) in [6.07, 6.45) is 4.00. The summed E-state index contributed by atoms with van der Waals surface area (Å²) in [5, 5.41) is 26.5. The van der Waals surface area contributed by atoms with Crippen LogP contribution in [0.15, 0.2) is 29.8 Å². The highest BCUT2D eigenvalue weighted by Gasteiger charge is 2.41. The van der Waals surface area contributed by atoms with E-state index in [2.05, 4.69) is 22.8 Å². The largest absolute Gasteiger partial charge is 0.481 e. The van der Waals surface area contributed by atoms with Crippen molar-refractivity contribution in [2.24, 2.45) is 5.92 Å². The molecule has 2 atom stereocenters. The maximum absolute atomic E-state index is 14.7. The van der Waals surface area contributed by atoms with Gasteiger partial charge in [-0.15, -0.1) is 17.5 Å². The fraction of sp³-hybridized carbons (Fsp3) is 0.458. The zero-order valence-electron chi connectivity index (χ0n) is 19.4. The summed E-state index contributed by atoms with van der Waals surface area (Å²) in [7, 11) is 0. The minimum Gasteiger partial charge on any atom is -0.481 e. The third kappa shape index (κ3) is 6.51. The maximum atomic E-state index is 14.7. The molecule has 0 bridgehead atoms. The first-order valence-corrected chi connectivity index (χ1v) is 12.1. The van der Waals surface area contributed by atoms with Gasteiger partial charge in [0.25, 0.3) is 0 Å². The molecule has 12 heteroatoms. The number of nitrogens with zero attached hydrogens (tertiary/aromatic N) is 4. The molecule has 1 saturated heterocycles. The van der Waals surface area contributed by atoms with Crippen LogP contribution in [0.5, 0.6) is 0 Å². The number of aliphatic carboxylic acids is 1. The Bertz CT molecular complexity index is 1170. The second kappa shape index (κ2) is 12.0. The third-order valence-corrected chi connectivity index (χ3v) is 6.86. The van der Waals surface area contributed by atoms with Crippen LogP contribution in [-0.4, -0.2) is 66.2 Å². The van der Waals surface area contributed by atoms with Crippen LogP contribution in [0.4, 0.5) is 4.39 Å². The Labute approximate surface area is 219 Å². The van der Waals surface area contributed by atoms with Crippen molar-refractivity contribution in [3.05, 3.63) is 52.6 Å². The molecule has 1 aromatic carbocycles. The van der Waals surface area contributed by atoms with Gasteiger partial charge in [-0.25, -0.2) is 9.18 Å². The lowest BCUT2D eigenvalue weighted by Gasteiger charge is -2.37. The first-order chi connectivity index (χ1) is 16.7. The van der Waals surface area contributed by atoms with Crippen molar-refractivity contribution in [3.8, 4) is 0 Å². The minimum absolute atomic E-state index is 0. The van der Waals surface area contributed by atoms with Crippen LogP contribution in [0, 0.1) is 11.7 Å². The quantitative estimate of drug-likeness (QED) is 0.392. The number of hydrogen-bond donors (Lipinski definition) is 3. The van der Waals surface area contributed by atoms with E-state index in [1.807, 2.05) is 4.90 Å². The minimum atomic E-state index is -1.25. The first-order valence-electron chi connectivity index (χ1n) is 11.6. The van der Waals surface area contributed by atoms with Crippen LogP contribution in [0.3, 0.4) is 0 Å². The first kappa shape index (κ1) is 27.8. The van der Waals surface area contributed by atoms with E-state index in [9.17, 15) is 23.9 Å². The van der Waals surface area contributed by atoms with Crippen LogP contribution in [0.1, 0.15) is 59.9 Å². The topological polar surface area (TPSA) is 126 Å². The zero-order valence-corrected chi connectivity index (χ0v) is 21.1. The molecule has 1 aromatic heterocycles. The van der Waals surface area contributed by atoms with Gasteiger partial charge in [-0.1, -0.05) is 18.2 Å². The van der Waals surface area contributed by atoms with Gasteiger partial charge in [0, 0.05) is 36.2 Å². The molecule has 1 aliphatic heterocycles. The molecule has 36 heavy (non-hydrogen) atoms. The Hall–Kier alpha value is -2.76. The van der Waals surface area contributed by atoms with E-state index >= 15 is 0 Å². The van der Waals surface area contributed by atoms with Gasteiger partial charge in [0.05, 0.1) is 12.6 Å². The van der Waals surface area contributed by atoms with Gasteiger partial charge in [-0.3, -0.25) is 14.5 Å². The average Bonchev–Trinajstić information content (AvgIpc) is 3.58. The van der Waals surface area contributed by atoms with Crippen molar-refractivity contribution in [3.63, 3.8) is 0 Å². The van der Waals surface area contributed by atoms with Crippen molar-refractivity contribution in [2.75, 3.05) is 13.1 Å². The molecule has 2 N–H and O–H groups in total. The Balaban J connectivity index is 0.00000361. The van der Waals surface area contributed by atoms with Crippen LogP contribution < -0.4 is 0 Å². The Morgan fingerprint density at radius 3 is 2.53 bits per heavy atom. The molecule has 2 heterocycles. The molecule has 9 nitrogen and oxygen atoms in total. The van der Waals surface area contributed by atoms with Crippen LogP contribution >= 0.6 is 25.0 Å². The highest BCUT2D eigenvalue weighted by atomic mass is 35.5. The van der Waals surface area contributed by atoms with Crippen LogP contribution in [0.25, 0.3) is 6.08 Å². The molecule has 194 valence electrons. The van der Waals surface area contributed by atoms with Gasteiger partial charge < -0.3 is 10.2 Å². The molecule has 1 saturated carbocycles. The number of aromatic carboxylic acids is 1. The van der Waals surface area contributed by atoms with E-state index in [-0.39, 0.29) is 60.1 Å². The third-order valence-electron chi connectivity index (χ3n) is 6.27. The molecule has 1 aliphatic carbocycles. The lowest BCUT2D eigenvalue weighted by Crippen LogP contribution is -2.42. The van der Waals surface area contributed by atoms with Crippen molar-refractivity contribution in [2.45, 2.75) is 49.9 Å². The average molecular weight is 539 g/mol. The number of benzene rings is 1. The number of carbonyl (C=O) groups excluding carboxylic acids is 1. The number of carboxylic acids is 2. The Morgan fingerprint density at radius 2 is 1.89 bits per heavy atom. The summed E-state index contributed by atoms with van der Waals surface area (Å²) in [6.45, 7) is 1.00. The molecule has 2 unspecified atom stereocenters. The zero-order chi connectivity index (χ0) is 25.1. The standard InChI is InChI=1S/C24H27FN4O5S.ClH/c25-17-5-2-1-4-16(17)22(23(32)14-7-8-14)28-11-9-19(35)15(13-28)12-18-21(24(33)34)27-29(26-18)10-3-6-20(30)31;/h1-2,4-5,12,14,19,22,35H,3,6-11,13H2,(H,30,31)(H,33,34);1H/b15-12+;. The summed E-state index contributed by atoms with van der Waals surface area (Å²) < 4.78 is 14.7. The predicted molar refractivity (Wildman–Crippen MR) is 135 cm³/mol. The number of thiol groups is 1. The molecule has 2 fully saturated rings. The highest BCUT2D eigenvalue weighted by molar-refractivity contribution is 7.81. The van der Waals surface area contributed by atoms with Gasteiger partial charge >= 0.3 is 11.9 Å². The SMILES string of the molecule is Cl.O=C(O)CCCn1nc(/C=C2\CN(C(C(=O)C3CC3)c3ccccc3F)CCC2S)c(C(=O)O)n1.